The summed E-state index contributed by atoms with van der Waals surface area (Å²) in [5.41, 5.74) is 6.30. The van der Waals surface area contributed by atoms with Gasteiger partial charge in [-0.1, -0.05) is 35.4 Å². The molecule has 1 aromatic heterocycles. The van der Waals surface area contributed by atoms with Crippen LogP contribution in [0.1, 0.15) is 41.6 Å². The lowest BCUT2D eigenvalue weighted by Crippen LogP contribution is -2.36. The second kappa shape index (κ2) is 7.73. The summed E-state index contributed by atoms with van der Waals surface area (Å²) in [6.07, 6.45) is 6.58. The van der Waals surface area contributed by atoms with Gasteiger partial charge in [0.2, 0.25) is 0 Å². The van der Waals surface area contributed by atoms with Crippen LogP contribution in [0.15, 0.2) is 48.2 Å². The maximum atomic E-state index is 12.0. The van der Waals surface area contributed by atoms with Crippen molar-refractivity contribution in [1.29, 1.82) is 0 Å². The minimum atomic E-state index is -0.240. The lowest BCUT2D eigenvalue weighted by Gasteiger charge is -2.30. The van der Waals surface area contributed by atoms with Gasteiger partial charge in [0.25, 0.3) is 0 Å². The summed E-state index contributed by atoms with van der Waals surface area (Å²) in [5, 5.41) is 0.752. The third-order valence-electron chi connectivity index (χ3n) is 5.42. The number of rotatable bonds is 2. The van der Waals surface area contributed by atoms with Gasteiger partial charge < -0.3 is 9.64 Å². The van der Waals surface area contributed by atoms with E-state index in [1.54, 1.807) is 4.90 Å². The molecule has 1 atom stereocenters. The molecule has 4 nitrogen and oxygen atoms in total. The number of nitrogens with zero attached hydrogens (tertiary/aromatic N) is 2. The van der Waals surface area contributed by atoms with Crippen molar-refractivity contribution < 1.29 is 9.53 Å². The fourth-order valence-corrected chi connectivity index (χ4v) is 4.28. The Kier molecular flexibility index (Phi) is 5.17. The van der Waals surface area contributed by atoms with Crippen molar-refractivity contribution in [3.63, 3.8) is 0 Å². The number of hydrogen-bond donors (Lipinski definition) is 0. The third-order valence-corrected chi connectivity index (χ3v) is 5.66. The third kappa shape index (κ3) is 3.59. The lowest BCUT2D eigenvalue weighted by molar-refractivity contribution is 0.110. The molecule has 0 saturated carbocycles. The Balaban J connectivity index is 1.74. The molecule has 1 aliphatic heterocycles. The molecule has 1 aliphatic carbocycles. The highest BCUT2D eigenvalue weighted by Gasteiger charge is 2.30. The van der Waals surface area contributed by atoms with Crippen molar-refractivity contribution in [2.75, 3.05) is 19.7 Å². The van der Waals surface area contributed by atoms with E-state index in [4.69, 9.17) is 21.3 Å². The van der Waals surface area contributed by atoms with Gasteiger partial charge in [0.05, 0.1) is 12.3 Å². The average molecular weight is 383 g/mol. The zero-order valence-corrected chi connectivity index (χ0v) is 16.2. The second-order valence-electron chi connectivity index (χ2n) is 7.00. The van der Waals surface area contributed by atoms with Crippen LogP contribution in [0, 0.1) is 0 Å². The van der Waals surface area contributed by atoms with E-state index in [0.717, 1.165) is 30.0 Å². The maximum Gasteiger partial charge on any atom is 0.410 e. The van der Waals surface area contributed by atoms with E-state index in [1.807, 2.05) is 25.3 Å². The van der Waals surface area contributed by atoms with E-state index >= 15 is 0 Å². The number of hydrogen-bond acceptors (Lipinski definition) is 3. The Morgan fingerprint density at radius 2 is 2.11 bits per heavy atom. The van der Waals surface area contributed by atoms with Crippen LogP contribution in [0.4, 0.5) is 4.79 Å². The highest BCUT2D eigenvalue weighted by atomic mass is 35.5. The van der Waals surface area contributed by atoms with Crippen molar-refractivity contribution in [1.82, 2.24) is 9.88 Å². The van der Waals surface area contributed by atoms with Gasteiger partial charge in [-0.05, 0) is 61.1 Å². The van der Waals surface area contributed by atoms with Crippen LogP contribution in [0.5, 0.6) is 0 Å². The number of carbonyl (C=O) groups is 1. The van der Waals surface area contributed by atoms with E-state index in [2.05, 4.69) is 24.3 Å². The molecule has 140 valence electrons. The highest BCUT2D eigenvalue weighted by molar-refractivity contribution is 6.30. The fraction of sp³-hybridized carbons (Fsp3) is 0.364. The van der Waals surface area contributed by atoms with Gasteiger partial charge >= 0.3 is 6.09 Å². The number of benzene rings is 1. The van der Waals surface area contributed by atoms with E-state index in [-0.39, 0.29) is 12.0 Å². The monoisotopic (exact) mass is 382 g/mol. The van der Waals surface area contributed by atoms with Crippen LogP contribution in [-0.2, 0) is 17.6 Å². The van der Waals surface area contributed by atoms with Gasteiger partial charge in [-0.2, -0.15) is 0 Å². The smallest absolute Gasteiger partial charge is 0.410 e. The first-order chi connectivity index (χ1) is 13.2. The van der Waals surface area contributed by atoms with Crippen LogP contribution in [0.25, 0.3) is 0 Å². The summed E-state index contributed by atoms with van der Waals surface area (Å²) in [4.78, 5) is 18.5. The first-order valence-corrected chi connectivity index (χ1v) is 9.88. The van der Waals surface area contributed by atoms with E-state index in [9.17, 15) is 4.79 Å². The molecule has 0 spiro atoms. The quantitative estimate of drug-likeness (QED) is 0.703. The highest BCUT2D eigenvalue weighted by Crippen LogP contribution is 2.41. The number of fused-ring (bicyclic) bond motifs is 2. The SMILES string of the molecule is CCOC(=O)N1CC=C(C2c3cc(Cl)ccc3CCc3cccnc32)CC1. The van der Waals surface area contributed by atoms with Crippen LogP contribution in [0.3, 0.4) is 0 Å². The average Bonchev–Trinajstić information content (AvgIpc) is 2.85. The van der Waals surface area contributed by atoms with Gasteiger partial charge in [-0.15, -0.1) is 0 Å². The number of aryl methyl sites for hydroxylation is 2. The number of amides is 1. The van der Waals surface area contributed by atoms with E-state index in [1.165, 1.54) is 22.3 Å². The lowest BCUT2D eigenvalue weighted by atomic mass is 9.82. The molecule has 1 aromatic carbocycles. The fourth-order valence-electron chi connectivity index (χ4n) is 4.10. The van der Waals surface area contributed by atoms with Crippen molar-refractivity contribution in [2.45, 2.75) is 32.1 Å². The molecule has 2 aromatic rings. The molecule has 2 aliphatic rings. The Labute approximate surface area is 164 Å². The maximum absolute atomic E-state index is 12.0. The normalized spacial score (nSPS) is 18.8. The first kappa shape index (κ1) is 18.1. The molecule has 27 heavy (non-hydrogen) atoms. The largest absolute Gasteiger partial charge is 0.450 e. The molecule has 2 heterocycles. The zero-order valence-electron chi connectivity index (χ0n) is 15.5. The topological polar surface area (TPSA) is 42.4 Å². The van der Waals surface area contributed by atoms with Crippen LogP contribution in [-0.4, -0.2) is 35.7 Å². The molecular formula is C22H23ClN2O2. The van der Waals surface area contributed by atoms with Gasteiger partial charge in [-0.25, -0.2) is 4.79 Å². The molecule has 0 saturated heterocycles. The number of aromatic nitrogens is 1. The van der Waals surface area contributed by atoms with Crippen LogP contribution in [0.2, 0.25) is 5.02 Å². The van der Waals surface area contributed by atoms with Crippen molar-refractivity contribution >= 4 is 17.7 Å². The summed E-state index contributed by atoms with van der Waals surface area (Å²) in [7, 11) is 0. The molecule has 4 rings (SSSR count). The van der Waals surface area contributed by atoms with Gasteiger partial charge in [-0.3, -0.25) is 4.98 Å². The Bertz CT molecular complexity index is 894. The Morgan fingerprint density at radius 1 is 1.26 bits per heavy atom. The summed E-state index contributed by atoms with van der Waals surface area (Å²) < 4.78 is 5.14. The molecule has 5 heteroatoms. The summed E-state index contributed by atoms with van der Waals surface area (Å²) in [5.74, 6) is 0.0988. The predicted octanol–water partition coefficient (Wildman–Crippen LogP) is 4.75. The van der Waals surface area contributed by atoms with Crippen molar-refractivity contribution in [2.24, 2.45) is 0 Å². The summed E-state index contributed by atoms with van der Waals surface area (Å²) in [6.45, 7) is 3.47. The molecule has 1 amide bonds. The molecule has 1 unspecified atom stereocenters. The Morgan fingerprint density at radius 3 is 2.89 bits per heavy atom. The minimum Gasteiger partial charge on any atom is -0.450 e. The minimum absolute atomic E-state index is 0.0988. The van der Waals surface area contributed by atoms with Gasteiger partial charge in [0.1, 0.15) is 0 Å². The van der Waals surface area contributed by atoms with E-state index < -0.39 is 0 Å². The van der Waals surface area contributed by atoms with Gasteiger partial charge in [0, 0.05) is 30.2 Å². The second-order valence-corrected chi connectivity index (χ2v) is 7.43. The molecule has 0 N–H and O–H groups in total. The van der Waals surface area contributed by atoms with Crippen LogP contribution >= 0.6 is 11.6 Å². The molecular weight excluding hydrogens is 360 g/mol. The summed E-state index contributed by atoms with van der Waals surface area (Å²) in [6, 6.07) is 10.4. The number of pyridine rings is 1. The van der Waals surface area contributed by atoms with Crippen LogP contribution < -0.4 is 0 Å². The number of ether oxygens (including phenoxy) is 1. The summed E-state index contributed by atoms with van der Waals surface area (Å²) >= 11 is 6.35. The zero-order chi connectivity index (χ0) is 18.8. The van der Waals surface area contributed by atoms with E-state index in [0.29, 0.717) is 19.7 Å². The molecule has 0 radical (unpaired) electrons. The van der Waals surface area contributed by atoms with Crippen molar-refractivity contribution in [3.8, 4) is 0 Å². The Hall–Kier alpha value is -2.33. The molecule has 0 bridgehead atoms. The van der Waals surface area contributed by atoms with Gasteiger partial charge in [0.15, 0.2) is 0 Å². The number of carbonyl (C=O) groups excluding carboxylic acids is 1. The standard InChI is InChI=1S/C22H23ClN2O2/c1-2-27-22(26)25-12-9-16(10-13-25)20-19-14-18(23)8-7-15(19)5-6-17-4-3-11-24-21(17)20/h3-4,7-9,11,14,20H,2,5-6,10,12-13H2,1H3. The van der Waals surface area contributed by atoms with Crippen molar-refractivity contribution in [3.05, 3.63) is 75.6 Å². The number of halogens is 1. The molecule has 0 fully saturated rings. The first-order valence-electron chi connectivity index (χ1n) is 9.50. The predicted molar refractivity (Wildman–Crippen MR) is 106 cm³/mol.